The Morgan fingerprint density at radius 1 is 1.29 bits per heavy atom. The predicted molar refractivity (Wildman–Crippen MR) is 68.0 cm³/mol. The Kier molecular flexibility index (Phi) is 9.03. The molecule has 102 valence electrons. The Bertz CT molecular complexity index is 212. The van der Waals surface area contributed by atoms with Gasteiger partial charge < -0.3 is 20.1 Å². The van der Waals surface area contributed by atoms with E-state index in [0.717, 1.165) is 6.42 Å². The molecular weight excluding hydrogens is 220 g/mol. The Hall–Kier alpha value is -0.650. The quantitative estimate of drug-likeness (QED) is 0.623. The van der Waals surface area contributed by atoms with Gasteiger partial charge >= 0.3 is 0 Å². The first-order chi connectivity index (χ1) is 8.04. The molecule has 0 rings (SSSR count). The molecule has 0 heterocycles. The molecular formula is C12H26N2O3. The fourth-order valence-electron chi connectivity index (χ4n) is 1.27. The summed E-state index contributed by atoms with van der Waals surface area (Å²) < 4.78 is 10.2. The molecule has 0 radical (unpaired) electrons. The summed E-state index contributed by atoms with van der Waals surface area (Å²) in [5.74, 6) is 0.0200. The van der Waals surface area contributed by atoms with Crippen LogP contribution in [-0.2, 0) is 14.3 Å². The molecule has 0 aromatic rings. The molecule has 0 bridgehead atoms. The molecule has 0 aromatic heterocycles. The Balaban J connectivity index is 3.90. The largest absolute Gasteiger partial charge is 0.382 e. The van der Waals surface area contributed by atoms with Crippen molar-refractivity contribution in [3.8, 4) is 0 Å². The highest BCUT2D eigenvalue weighted by atomic mass is 16.5. The zero-order chi connectivity index (χ0) is 13.3. The van der Waals surface area contributed by atoms with Crippen LogP contribution < -0.4 is 10.6 Å². The fourth-order valence-corrected chi connectivity index (χ4v) is 1.27. The molecule has 0 aliphatic rings. The van der Waals surface area contributed by atoms with Gasteiger partial charge in [0.05, 0.1) is 18.8 Å². The van der Waals surface area contributed by atoms with E-state index in [-0.39, 0.29) is 24.1 Å². The van der Waals surface area contributed by atoms with Gasteiger partial charge in [-0.3, -0.25) is 4.79 Å². The Morgan fingerprint density at radius 2 is 1.94 bits per heavy atom. The average molecular weight is 246 g/mol. The Morgan fingerprint density at radius 3 is 2.41 bits per heavy atom. The molecule has 2 N–H and O–H groups in total. The van der Waals surface area contributed by atoms with Gasteiger partial charge in [0.2, 0.25) is 5.91 Å². The summed E-state index contributed by atoms with van der Waals surface area (Å²) in [6, 6.07) is -0.0116. The summed E-state index contributed by atoms with van der Waals surface area (Å²) in [7, 11) is 3.26. The molecule has 0 spiro atoms. The third-order valence-electron chi connectivity index (χ3n) is 2.73. The molecule has 5 nitrogen and oxygen atoms in total. The van der Waals surface area contributed by atoms with Crippen molar-refractivity contribution in [1.82, 2.24) is 10.6 Å². The lowest BCUT2D eigenvalue weighted by atomic mass is 10.2. The second kappa shape index (κ2) is 9.39. The van der Waals surface area contributed by atoms with Gasteiger partial charge in [-0.05, 0) is 20.3 Å². The van der Waals surface area contributed by atoms with Crippen LogP contribution in [-0.4, -0.2) is 51.5 Å². The number of ether oxygens (including phenoxy) is 2. The molecule has 1 amide bonds. The first kappa shape index (κ1) is 16.4. The average Bonchev–Trinajstić information content (AvgIpc) is 2.33. The number of rotatable bonds is 9. The highest BCUT2D eigenvalue weighted by molar-refractivity contribution is 5.81. The van der Waals surface area contributed by atoms with Crippen LogP contribution in [0.4, 0.5) is 0 Å². The molecule has 3 unspecified atom stereocenters. The standard InChI is InChI=1S/C12H26N2O3/c1-6-9(2)14-12(15)10(3)13-7-11(17-5)8-16-4/h9-11,13H,6-8H2,1-5H3,(H,14,15). The molecule has 5 heteroatoms. The number of amides is 1. The summed E-state index contributed by atoms with van der Waals surface area (Å²) >= 11 is 0. The van der Waals surface area contributed by atoms with Crippen molar-refractivity contribution in [3.05, 3.63) is 0 Å². The van der Waals surface area contributed by atoms with E-state index < -0.39 is 0 Å². The normalized spacial score (nSPS) is 16.3. The van der Waals surface area contributed by atoms with E-state index in [1.807, 2.05) is 20.8 Å². The van der Waals surface area contributed by atoms with E-state index in [1.165, 1.54) is 0 Å². The third-order valence-corrected chi connectivity index (χ3v) is 2.73. The van der Waals surface area contributed by atoms with Crippen molar-refractivity contribution in [2.75, 3.05) is 27.4 Å². The van der Waals surface area contributed by atoms with Crippen LogP contribution >= 0.6 is 0 Å². The topological polar surface area (TPSA) is 59.6 Å². The van der Waals surface area contributed by atoms with E-state index in [4.69, 9.17) is 9.47 Å². The van der Waals surface area contributed by atoms with Crippen molar-refractivity contribution >= 4 is 5.91 Å². The number of carbonyl (C=O) groups excluding carboxylic acids is 1. The van der Waals surface area contributed by atoms with E-state index in [1.54, 1.807) is 14.2 Å². The molecule has 0 aliphatic heterocycles. The molecule has 0 aliphatic carbocycles. The minimum atomic E-state index is -0.224. The van der Waals surface area contributed by atoms with Gasteiger partial charge in [0.25, 0.3) is 0 Å². The number of nitrogens with one attached hydrogen (secondary N) is 2. The van der Waals surface area contributed by atoms with Crippen LogP contribution in [0.5, 0.6) is 0 Å². The fraction of sp³-hybridized carbons (Fsp3) is 0.917. The van der Waals surface area contributed by atoms with Crippen molar-refractivity contribution in [2.24, 2.45) is 0 Å². The zero-order valence-corrected chi connectivity index (χ0v) is 11.6. The molecule has 3 atom stereocenters. The highest BCUT2D eigenvalue weighted by Gasteiger charge is 2.16. The summed E-state index contributed by atoms with van der Waals surface area (Å²) in [6.07, 6.45) is 0.905. The van der Waals surface area contributed by atoms with E-state index in [0.29, 0.717) is 13.2 Å². The van der Waals surface area contributed by atoms with Gasteiger partial charge in [-0.25, -0.2) is 0 Å². The monoisotopic (exact) mass is 246 g/mol. The van der Waals surface area contributed by atoms with E-state index in [9.17, 15) is 4.79 Å². The van der Waals surface area contributed by atoms with Gasteiger partial charge in [0, 0.05) is 26.8 Å². The van der Waals surface area contributed by atoms with Gasteiger partial charge in [-0.2, -0.15) is 0 Å². The van der Waals surface area contributed by atoms with Crippen molar-refractivity contribution in [2.45, 2.75) is 45.4 Å². The molecule has 0 fully saturated rings. The third kappa shape index (κ3) is 7.31. The highest BCUT2D eigenvalue weighted by Crippen LogP contribution is 1.93. The van der Waals surface area contributed by atoms with Crippen LogP contribution in [0.2, 0.25) is 0 Å². The second-order valence-electron chi connectivity index (χ2n) is 4.26. The first-order valence-electron chi connectivity index (χ1n) is 6.10. The zero-order valence-electron chi connectivity index (χ0n) is 11.6. The van der Waals surface area contributed by atoms with Crippen molar-refractivity contribution in [1.29, 1.82) is 0 Å². The predicted octanol–water partition coefficient (Wildman–Crippen LogP) is 0.541. The maximum absolute atomic E-state index is 11.7. The summed E-state index contributed by atoms with van der Waals surface area (Å²) in [4.78, 5) is 11.7. The molecule has 0 aromatic carbocycles. The van der Waals surface area contributed by atoms with Crippen LogP contribution in [0.3, 0.4) is 0 Å². The van der Waals surface area contributed by atoms with Crippen molar-refractivity contribution < 1.29 is 14.3 Å². The lowest BCUT2D eigenvalue weighted by Crippen LogP contribution is -2.47. The van der Waals surface area contributed by atoms with E-state index >= 15 is 0 Å². The molecule has 0 saturated carbocycles. The lowest BCUT2D eigenvalue weighted by Gasteiger charge is -2.20. The minimum absolute atomic E-state index is 0.0200. The van der Waals surface area contributed by atoms with Crippen molar-refractivity contribution in [3.63, 3.8) is 0 Å². The first-order valence-corrected chi connectivity index (χ1v) is 6.10. The SMILES string of the molecule is CCC(C)NC(=O)C(C)NCC(COC)OC. The maximum Gasteiger partial charge on any atom is 0.237 e. The molecule has 0 saturated heterocycles. The lowest BCUT2D eigenvalue weighted by molar-refractivity contribution is -0.123. The Labute approximate surface area is 104 Å². The second-order valence-corrected chi connectivity index (χ2v) is 4.26. The maximum atomic E-state index is 11.7. The summed E-state index contributed by atoms with van der Waals surface area (Å²) in [5, 5.41) is 6.06. The van der Waals surface area contributed by atoms with Gasteiger partial charge in [-0.15, -0.1) is 0 Å². The number of hydrogen-bond acceptors (Lipinski definition) is 4. The van der Waals surface area contributed by atoms with E-state index in [2.05, 4.69) is 10.6 Å². The summed E-state index contributed by atoms with van der Waals surface area (Å²) in [6.45, 7) is 7.00. The number of methoxy groups -OCH3 is 2. The minimum Gasteiger partial charge on any atom is -0.382 e. The van der Waals surface area contributed by atoms with Crippen LogP contribution in [0.25, 0.3) is 0 Å². The van der Waals surface area contributed by atoms with Gasteiger partial charge in [-0.1, -0.05) is 6.92 Å². The smallest absolute Gasteiger partial charge is 0.237 e. The van der Waals surface area contributed by atoms with Crippen LogP contribution in [0.15, 0.2) is 0 Å². The van der Waals surface area contributed by atoms with Gasteiger partial charge in [0.1, 0.15) is 0 Å². The number of hydrogen-bond donors (Lipinski definition) is 2. The van der Waals surface area contributed by atoms with Gasteiger partial charge in [0.15, 0.2) is 0 Å². The van der Waals surface area contributed by atoms with Crippen LogP contribution in [0.1, 0.15) is 27.2 Å². The summed E-state index contributed by atoms with van der Waals surface area (Å²) in [5.41, 5.74) is 0. The van der Waals surface area contributed by atoms with Crippen LogP contribution in [0, 0.1) is 0 Å². The molecule has 17 heavy (non-hydrogen) atoms. The number of carbonyl (C=O) groups is 1.